The van der Waals surface area contributed by atoms with Gasteiger partial charge in [0.05, 0.1) is 12.7 Å². The number of hydrogen-bond acceptors (Lipinski definition) is 4. The Kier molecular flexibility index (Phi) is 4.42. The average molecular weight is 285 g/mol. The highest BCUT2D eigenvalue weighted by Gasteiger charge is 2.32. The van der Waals surface area contributed by atoms with Gasteiger partial charge in [0.1, 0.15) is 11.8 Å². The number of likely N-dealkylation sites (tertiary alicyclic amines) is 1. The van der Waals surface area contributed by atoms with Crippen LogP contribution in [0.2, 0.25) is 0 Å². The monoisotopic (exact) mass is 285 g/mol. The zero-order chi connectivity index (χ0) is 14.7. The lowest BCUT2D eigenvalue weighted by molar-refractivity contribution is 0.206. The van der Waals surface area contributed by atoms with Crippen molar-refractivity contribution in [1.82, 2.24) is 10.2 Å². The molecule has 1 N–H and O–H groups in total. The second kappa shape index (κ2) is 6.46. The summed E-state index contributed by atoms with van der Waals surface area (Å²) in [6.07, 6.45) is 5.19. The summed E-state index contributed by atoms with van der Waals surface area (Å²) in [5.41, 5.74) is 1.84. The predicted molar refractivity (Wildman–Crippen MR) is 82.2 cm³/mol. The fourth-order valence-electron chi connectivity index (χ4n) is 3.70. The Hall–Kier alpha value is -1.57. The van der Waals surface area contributed by atoms with Crippen LogP contribution in [0.25, 0.3) is 0 Å². The van der Waals surface area contributed by atoms with E-state index in [-0.39, 0.29) is 0 Å². The highest BCUT2D eigenvalue weighted by Crippen LogP contribution is 2.28. The first-order valence-electron chi connectivity index (χ1n) is 7.86. The van der Waals surface area contributed by atoms with Gasteiger partial charge >= 0.3 is 0 Å². The summed E-state index contributed by atoms with van der Waals surface area (Å²) >= 11 is 0. The molecule has 0 bridgehead atoms. The number of hydrogen-bond donors (Lipinski definition) is 1. The molecule has 21 heavy (non-hydrogen) atoms. The second-order valence-electron chi connectivity index (χ2n) is 6.03. The summed E-state index contributed by atoms with van der Waals surface area (Å²) in [6, 6.07) is 9.43. The van der Waals surface area contributed by atoms with Crippen LogP contribution in [0.4, 0.5) is 0 Å². The van der Waals surface area contributed by atoms with E-state index < -0.39 is 0 Å². The van der Waals surface area contributed by atoms with Crippen molar-refractivity contribution in [2.75, 3.05) is 20.2 Å². The van der Waals surface area contributed by atoms with Gasteiger partial charge in [-0.05, 0) is 56.5 Å². The molecule has 0 saturated carbocycles. The van der Waals surface area contributed by atoms with Crippen LogP contribution in [0.15, 0.2) is 18.2 Å². The van der Waals surface area contributed by atoms with Gasteiger partial charge in [-0.1, -0.05) is 6.07 Å². The molecule has 2 atom stereocenters. The quantitative estimate of drug-likeness (QED) is 0.922. The molecule has 4 heteroatoms. The summed E-state index contributed by atoms with van der Waals surface area (Å²) in [5, 5.41) is 12.7. The van der Waals surface area contributed by atoms with E-state index in [0.717, 1.165) is 6.54 Å². The molecule has 0 aromatic heterocycles. The van der Waals surface area contributed by atoms with Crippen LogP contribution < -0.4 is 10.1 Å². The molecule has 2 aliphatic heterocycles. The van der Waals surface area contributed by atoms with E-state index in [0.29, 0.717) is 23.4 Å². The molecule has 4 nitrogen and oxygen atoms in total. The summed E-state index contributed by atoms with van der Waals surface area (Å²) in [7, 11) is 1.63. The van der Waals surface area contributed by atoms with Crippen molar-refractivity contribution in [3.05, 3.63) is 29.3 Å². The van der Waals surface area contributed by atoms with Gasteiger partial charge in [-0.3, -0.25) is 4.90 Å². The van der Waals surface area contributed by atoms with Gasteiger partial charge in [0.2, 0.25) is 0 Å². The summed E-state index contributed by atoms with van der Waals surface area (Å²) in [6.45, 7) is 3.29. The van der Waals surface area contributed by atoms with Crippen LogP contribution in [-0.4, -0.2) is 37.2 Å². The molecule has 2 saturated heterocycles. The normalized spacial score (nSPS) is 25.9. The molecule has 2 heterocycles. The number of rotatable bonds is 4. The molecule has 2 fully saturated rings. The van der Waals surface area contributed by atoms with Gasteiger partial charge in [-0.15, -0.1) is 0 Å². The minimum Gasteiger partial charge on any atom is -0.495 e. The third kappa shape index (κ3) is 3.04. The first kappa shape index (κ1) is 14.4. The van der Waals surface area contributed by atoms with E-state index in [4.69, 9.17) is 10.00 Å². The van der Waals surface area contributed by atoms with Crippen LogP contribution >= 0.6 is 0 Å². The number of nitrogens with one attached hydrogen (secondary N) is 1. The highest BCUT2D eigenvalue weighted by atomic mass is 16.5. The van der Waals surface area contributed by atoms with Crippen LogP contribution in [-0.2, 0) is 6.54 Å². The van der Waals surface area contributed by atoms with E-state index in [9.17, 15) is 0 Å². The van der Waals surface area contributed by atoms with Crippen LogP contribution in [0.5, 0.6) is 5.75 Å². The first-order valence-corrected chi connectivity index (χ1v) is 7.86. The number of benzene rings is 1. The zero-order valence-electron chi connectivity index (χ0n) is 12.6. The summed E-state index contributed by atoms with van der Waals surface area (Å²) < 4.78 is 5.31. The van der Waals surface area contributed by atoms with Crippen molar-refractivity contribution in [3.8, 4) is 11.8 Å². The fraction of sp³-hybridized carbons (Fsp3) is 0.588. The van der Waals surface area contributed by atoms with Crippen molar-refractivity contribution >= 4 is 0 Å². The Bertz CT molecular complexity index is 531. The molecule has 3 rings (SSSR count). The Morgan fingerprint density at radius 3 is 3.00 bits per heavy atom. The van der Waals surface area contributed by atoms with Gasteiger partial charge in [-0.25, -0.2) is 0 Å². The Labute approximate surface area is 126 Å². The second-order valence-corrected chi connectivity index (χ2v) is 6.03. The van der Waals surface area contributed by atoms with Crippen molar-refractivity contribution < 1.29 is 4.74 Å². The van der Waals surface area contributed by atoms with E-state index >= 15 is 0 Å². The lowest BCUT2D eigenvalue weighted by atomic mass is 10.0. The van der Waals surface area contributed by atoms with Crippen molar-refractivity contribution in [2.45, 2.75) is 44.3 Å². The topological polar surface area (TPSA) is 48.3 Å². The molecule has 0 radical (unpaired) electrons. The predicted octanol–water partition coefficient (Wildman–Crippen LogP) is 2.28. The fourth-order valence-corrected chi connectivity index (χ4v) is 3.70. The molecular weight excluding hydrogens is 262 g/mol. The Balaban J connectivity index is 1.72. The zero-order valence-corrected chi connectivity index (χ0v) is 12.6. The smallest absolute Gasteiger partial charge is 0.136 e. The molecule has 2 unspecified atom stereocenters. The molecule has 1 aromatic rings. The molecule has 1 aromatic carbocycles. The minimum absolute atomic E-state index is 0.608. The van der Waals surface area contributed by atoms with Crippen LogP contribution in [0, 0.1) is 11.3 Å². The average Bonchev–Trinajstić information content (AvgIpc) is 3.17. The lowest BCUT2D eigenvalue weighted by Crippen LogP contribution is -2.43. The SMILES string of the molecule is COc1cc(CN2CCCC2C2CCCN2)ccc1C#N. The van der Waals surface area contributed by atoms with E-state index in [1.807, 2.05) is 12.1 Å². The van der Waals surface area contributed by atoms with Crippen LogP contribution in [0.1, 0.15) is 36.8 Å². The van der Waals surface area contributed by atoms with Crippen molar-refractivity contribution in [2.24, 2.45) is 0 Å². The molecule has 0 aliphatic carbocycles. The maximum absolute atomic E-state index is 9.06. The molecular formula is C17H23N3O. The molecule has 0 spiro atoms. The number of methoxy groups -OCH3 is 1. The minimum atomic E-state index is 0.608. The molecule has 0 amide bonds. The van der Waals surface area contributed by atoms with E-state index in [1.165, 1.54) is 44.3 Å². The van der Waals surface area contributed by atoms with E-state index in [2.05, 4.69) is 22.4 Å². The van der Waals surface area contributed by atoms with Crippen molar-refractivity contribution in [3.63, 3.8) is 0 Å². The van der Waals surface area contributed by atoms with Crippen LogP contribution in [0.3, 0.4) is 0 Å². The van der Waals surface area contributed by atoms with Gasteiger partial charge in [0.25, 0.3) is 0 Å². The largest absolute Gasteiger partial charge is 0.495 e. The number of nitriles is 1. The molecule has 2 aliphatic rings. The van der Waals surface area contributed by atoms with Crippen molar-refractivity contribution in [1.29, 1.82) is 5.26 Å². The maximum atomic E-state index is 9.06. The number of nitrogens with zero attached hydrogens (tertiary/aromatic N) is 2. The van der Waals surface area contributed by atoms with Gasteiger partial charge in [-0.2, -0.15) is 5.26 Å². The summed E-state index contributed by atoms with van der Waals surface area (Å²) in [4.78, 5) is 2.59. The maximum Gasteiger partial charge on any atom is 0.136 e. The number of ether oxygens (including phenoxy) is 1. The first-order chi connectivity index (χ1) is 10.3. The standard InChI is InChI=1S/C17H23N3O/c1-21-17-10-13(6-7-14(17)11-18)12-20-9-3-5-16(20)15-4-2-8-19-15/h6-7,10,15-16,19H,2-5,8-9,12H2,1H3. The van der Waals surface area contributed by atoms with Gasteiger partial charge in [0.15, 0.2) is 0 Å². The van der Waals surface area contributed by atoms with Gasteiger partial charge < -0.3 is 10.1 Å². The highest BCUT2D eigenvalue weighted by molar-refractivity contribution is 5.45. The van der Waals surface area contributed by atoms with Gasteiger partial charge in [0, 0.05) is 18.6 Å². The Morgan fingerprint density at radius 1 is 1.38 bits per heavy atom. The summed E-state index contributed by atoms with van der Waals surface area (Å²) in [5.74, 6) is 0.685. The third-order valence-electron chi connectivity index (χ3n) is 4.75. The lowest BCUT2D eigenvalue weighted by Gasteiger charge is -2.29. The van der Waals surface area contributed by atoms with E-state index in [1.54, 1.807) is 7.11 Å². The third-order valence-corrected chi connectivity index (χ3v) is 4.75. The molecule has 112 valence electrons. The Morgan fingerprint density at radius 2 is 2.29 bits per heavy atom.